The highest BCUT2D eigenvalue weighted by Crippen LogP contribution is 2.26. The first-order valence-corrected chi connectivity index (χ1v) is 7.61. The van der Waals surface area contributed by atoms with Crippen molar-refractivity contribution in [1.82, 2.24) is 14.8 Å². The van der Waals surface area contributed by atoms with Crippen LogP contribution in [-0.2, 0) is 16.0 Å². The van der Waals surface area contributed by atoms with Gasteiger partial charge in [0.25, 0.3) is 5.91 Å². The Bertz CT molecular complexity index is 781. The zero-order valence-corrected chi connectivity index (χ0v) is 13.4. The summed E-state index contributed by atoms with van der Waals surface area (Å²) in [4.78, 5) is 28.5. The van der Waals surface area contributed by atoms with E-state index in [0.29, 0.717) is 18.2 Å². The fraction of sp³-hybridized carbons (Fsp3) is 0.375. The first-order valence-electron chi connectivity index (χ1n) is 7.61. The zero-order chi connectivity index (χ0) is 16.6. The van der Waals surface area contributed by atoms with E-state index in [1.165, 1.54) is 4.68 Å². The van der Waals surface area contributed by atoms with Crippen molar-refractivity contribution >= 4 is 23.5 Å². The molecule has 120 valence electrons. The molecule has 2 N–H and O–H groups in total. The second-order valence-electron chi connectivity index (χ2n) is 5.73. The molecule has 0 unspecified atom stereocenters. The standard InChI is InChI=1S/C16H19N5O2/c1-4-13-18-16-19-15(23)12(21(16)20-13)8-14(22)17-11-6-5-9(2)7-10(11)3/h5-7,12H,4,8H2,1-3H3,(H,17,22)(H,18,19,20,23)/t12-/m1/s1. The number of aromatic nitrogens is 3. The average molecular weight is 313 g/mol. The average Bonchev–Trinajstić information content (AvgIpc) is 3.01. The van der Waals surface area contributed by atoms with Gasteiger partial charge in [0.15, 0.2) is 5.82 Å². The molecule has 23 heavy (non-hydrogen) atoms. The molecule has 2 aromatic rings. The number of hydrogen-bond donors (Lipinski definition) is 2. The van der Waals surface area contributed by atoms with Gasteiger partial charge in [-0.3, -0.25) is 14.9 Å². The van der Waals surface area contributed by atoms with E-state index >= 15 is 0 Å². The minimum Gasteiger partial charge on any atom is -0.326 e. The van der Waals surface area contributed by atoms with Gasteiger partial charge in [0, 0.05) is 12.1 Å². The summed E-state index contributed by atoms with van der Waals surface area (Å²) >= 11 is 0. The Morgan fingerprint density at radius 1 is 1.39 bits per heavy atom. The number of nitrogens with one attached hydrogen (secondary N) is 2. The van der Waals surface area contributed by atoms with Crippen molar-refractivity contribution in [2.75, 3.05) is 10.6 Å². The van der Waals surface area contributed by atoms with Gasteiger partial charge < -0.3 is 5.32 Å². The number of carbonyl (C=O) groups excluding carboxylic acids is 2. The maximum atomic E-state index is 12.3. The van der Waals surface area contributed by atoms with Gasteiger partial charge >= 0.3 is 0 Å². The molecule has 2 heterocycles. The van der Waals surface area contributed by atoms with E-state index in [1.54, 1.807) is 0 Å². The van der Waals surface area contributed by atoms with E-state index in [4.69, 9.17) is 0 Å². The molecule has 0 bridgehead atoms. The SMILES string of the molecule is CCc1nc2n(n1)[C@H](CC(=O)Nc1ccc(C)cc1C)C(=O)N2. The predicted octanol–water partition coefficient (Wildman–Crippen LogP) is 1.98. The molecule has 1 atom stereocenters. The predicted molar refractivity (Wildman–Crippen MR) is 86.2 cm³/mol. The number of fused-ring (bicyclic) bond motifs is 1. The molecular formula is C16H19N5O2. The Hall–Kier alpha value is -2.70. The monoisotopic (exact) mass is 313 g/mol. The minimum atomic E-state index is -0.649. The van der Waals surface area contributed by atoms with Crippen molar-refractivity contribution in [2.45, 2.75) is 39.7 Å². The van der Waals surface area contributed by atoms with Gasteiger partial charge in [-0.2, -0.15) is 10.1 Å². The first kappa shape index (κ1) is 15.2. The van der Waals surface area contributed by atoms with Crippen LogP contribution < -0.4 is 10.6 Å². The number of nitrogens with zero attached hydrogens (tertiary/aromatic N) is 3. The Morgan fingerprint density at radius 3 is 2.87 bits per heavy atom. The van der Waals surface area contributed by atoms with Crippen LogP contribution in [0.2, 0.25) is 0 Å². The number of hydrogen-bond acceptors (Lipinski definition) is 4. The van der Waals surface area contributed by atoms with Crippen molar-refractivity contribution < 1.29 is 9.59 Å². The third-order valence-electron chi connectivity index (χ3n) is 3.86. The van der Waals surface area contributed by atoms with Crippen LogP contribution in [0.3, 0.4) is 0 Å². The molecule has 0 fully saturated rings. The Balaban J connectivity index is 1.73. The fourth-order valence-corrected chi connectivity index (χ4v) is 2.63. The Kier molecular flexibility index (Phi) is 3.85. The van der Waals surface area contributed by atoms with E-state index in [1.807, 2.05) is 39.0 Å². The summed E-state index contributed by atoms with van der Waals surface area (Å²) in [6, 6.07) is 5.16. The number of amides is 2. The van der Waals surface area contributed by atoms with E-state index < -0.39 is 6.04 Å². The quantitative estimate of drug-likeness (QED) is 0.903. The van der Waals surface area contributed by atoms with Gasteiger partial charge in [0.05, 0.1) is 6.42 Å². The first-order chi connectivity index (χ1) is 11.0. The van der Waals surface area contributed by atoms with Crippen molar-refractivity contribution in [3.05, 3.63) is 35.2 Å². The number of benzene rings is 1. The lowest BCUT2D eigenvalue weighted by Crippen LogP contribution is -2.24. The van der Waals surface area contributed by atoms with Gasteiger partial charge in [-0.05, 0) is 25.5 Å². The summed E-state index contributed by atoms with van der Waals surface area (Å²) in [5, 5.41) is 9.79. The molecule has 7 nitrogen and oxygen atoms in total. The third-order valence-corrected chi connectivity index (χ3v) is 3.86. The molecule has 7 heteroatoms. The van der Waals surface area contributed by atoms with Crippen LogP contribution in [0.25, 0.3) is 0 Å². The van der Waals surface area contributed by atoms with Gasteiger partial charge in [0.1, 0.15) is 6.04 Å². The summed E-state index contributed by atoms with van der Waals surface area (Å²) in [7, 11) is 0. The van der Waals surface area contributed by atoms with Gasteiger partial charge in [-0.25, -0.2) is 4.68 Å². The Labute approximate surface area is 134 Å². The second kappa shape index (κ2) is 5.83. The highest BCUT2D eigenvalue weighted by molar-refractivity contribution is 6.01. The topological polar surface area (TPSA) is 88.9 Å². The molecule has 1 aliphatic heterocycles. The van der Waals surface area contributed by atoms with E-state index in [-0.39, 0.29) is 18.2 Å². The summed E-state index contributed by atoms with van der Waals surface area (Å²) in [6.07, 6.45) is 0.704. The largest absolute Gasteiger partial charge is 0.326 e. The minimum absolute atomic E-state index is 0.0265. The third kappa shape index (κ3) is 2.94. The highest BCUT2D eigenvalue weighted by Gasteiger charge is 2.34. The lowest BCUT2D eigenvalue weighted by Gasteiger charge is -2.12. The normalized spacial score (nSPS) is 16.1. The van der Waals surface area contributed by atoms with E-state index in [9.17, 15) is 9.59 Å². The van der Waals surface area contributed by atoms with Crippen molar-refractivity contribution in [1.29, 1.82) is 0 Å². The van der Waals surface area contributed by atoms with Crippen LogP contribution in [0.1, 0.15) is 36.3 Å². The maximum Gasteiger partial charge on any atom is 0.252 e. The lowest BCUT2D eigenvalue weighted by atomic mass is 10.1. The molecular weight excluding hydrogens is 294 g/mol. The number of anilines is 2. The summed E-state index contributed by atoms with van der Waals surface area (Å²) in [6.45, 7) is 5.88. The molecule has 1 aromatic heterocycles. The highest BCUT2D eigenvalue weighted by atomic mass is 16.2. The zero-order valence-electron chi connectivity index (χ0n) is 13.4. The van der Waals surface area contributed by atoms with Gasteiger partial charge in [-0.1, -0.05) is 24.6 Å². The number of aryl methyl sites for hydroxylation is 3. The van der Waals surface area contributed by atoms with E-state index in [0.717, 1.165) is 16.8 Å². The molecule has 0 saturated carbocycles. The van der Waals surface area contributed by atoms with Crippen LogP contribution in [0.4, 0.5) is 11.6 Å². The molecule has 0 aliphatic carbocycles. The van der Waals surface area contributed by atoms with Crippen molar-refractivity contribution in [3.63, 3.8) is 0 Å². The molecule has 2 amide bonds. The van der Waals surface area contributed by atoms with Gasteiger partial charge in [-0.15, -0.1) is 0 Å². The van der Waals surface area contributed by atoms with Crippen LogP contribution in [0.5, 0.6) is 0 Å². The second-order valence-corrected chi connectivity index (χ2v) is 5.73. The molecule has 0 spiro atoms. The summed E-state index contributed by atoms with van der Waals surface area (Å²) < 4.78 is 1.50. The molecule has 1 aromatic carbocycles. The molecule has 3 rings (SSSR count). The summed E-state index contributed by atoms with van der Waals surface area (Å²) in [5.74, 6) is 0.591. The van der Waals surface area contributed by atoms with Crippen molar-refractivity contribution in [2.24, 2.45) is 0 Å². The van der Waals surface area contributed by atoms with Crippen molar-refractivity contribution in [3.8, 4) is 0 Å². The molecule has 1 aliphatic rings. The maximum absolute atomic E-state index is 12.3. The number of carbonyl (C=O) groups is 2. The number of rotatable bonds is 4. The lowest BCUT2D eigenvalue weighted by molar-refractivity contribution is -0.123. The van der Waals surface area contributed by atoms with Gasteiger partial charge in [0.2, 0.25) is 11.9 Å². The van der Waals surface area contributed by atoms with Crippen LogP contribution in [0.15, 0.2) is 18.2 Å². The van der Waals surface area contributed by atoms with Crippen LogP contribution in [0, 0.1) is 13.8 Å². The van der Waals surface area contributed by atoms with Crippen LogP contribution in [-0.4, -0.2) is 26.6 Å². The molecule has 0 saturated heterocycles. The smallest absolute Gasteiger partial charge is 0.252 e. The van der Waals surface area contributed by atoms with Crippen LogP contribution >= 0.6 is 0 Å². The summed E-state index contributed by atoms with van der Waals surface area (Å²) in [5.41, 5.74) is 2.88. The fourth-order valence-electron chi connectivity index (χ4n) is 2.63. The Morgan fingerprint density at radius 2 is 2.17 bits per heavy atom. The van der Waals surface area contributed by atoms with E-state index in [2.05, 4.69) is 20.7 Å². The molecule has 0 radical (unpaired) electrons.